The highest BCUT2D eigenvalue weighted by atomic mass is 32.2. The van der Waals surface area contributed by atoms with E-state index < -0.39 is 10.1 Å². The first-order valence-electron chi connectivity index (χ1n) is 10.9. The van der Waals surface area contributed by atoms with Gasteiger partial charge in [0, 0.05) is 29.2 Å². The Labute approximate surface area is 202 Å². The Morgan fingerprint density at radius 2 is 1.86 bits per heavy atom. The third kappa shape index (κ3) is 4.43. The molecule has 0 bridgehead atoms. The fourth-order valence-corrected chi connectivity index (χ4v) is 5.13. The zero-order chi connectivity index (χ0) is 24.6. The van der Waals surface area contributed by atoms with Gasteiger partial charge < -0.3 is 24.6 Å². The van der Waals surface area contributed by atoms with Gasteiger partial charge in [0.2, 0.25) is 0 Å². The van der Waals surface area contributed by atoms with Gasteiger partial charge in [0.15, 0.2) is 0 Å². The monoisotopic (exact) mass is 489 g/mol. The summed E-state index contributed by atoms with van der Waals surface area (Å²) < 4.78 is 31.5. The van der Waals surface area contributed by atoms with Crippen LogP contribution in [0.15, 0.2) is 78.1 Å². The number of phenols is 1. The van der Waals surface area contributed by atoms with Gasteiger partial charge in [-0.05, 0) is 37.6 Å². The second-order valence-electron chi connectivity index (χ2n) is 8.15. The van der Waals surface area contributed by atoms with Crippen LogP contribution in [0.5, 0.6) is 11.5 Å². The molecule has 35 heavy (non-hydrogen) atoms. The number of hydrogen-bond donors (Lipinski definition) is 4. The summed E-state index contributed by atoms with van der Waals surface area (Å²) in [6.45, 7) is 3.96. The van der Waals surface area contributed by atoms with Crippen LogP contribution < -0.4 is 9.50 Å². The number of H-pyrrole nitrogens is 2. The van der Waals surface area contributed by atoms with Crippen LogP contribution in [0.2, 0.25) is 0 Å². The van der Waals surface area contributed by atoms with E-state index in [1.807, 2.05) is 44.2 Å². The molecule has 0 amide bonds. The second-order valence-corrected chi connectivity index (χ2v) is 9.66. The minimum Gasteiger partial charge on any atom is -0.508 e. The molecule has 0 saturated carbocycles. The quantitative estimate of drug-likeness (QED) is 0.239. The molecule has 0 aliphatic carbocycles. The summed E-state index contributed by atoms with van der Waals surface area (Å²) in [4.78, 5) is 14.7. The molecular formula is C25H23N5O4S. The molecule has 0 unspecified atom stereocenters. The van der Waals surface area contributed by atoms with Gasteiger partial charge in [-0.25, -0.2) is 9.97 Å². The van der Waals surface area contributed by atoms with E-state index in [0.717, 1.165) is 22.5 Å². The summed E-state index contributed by atoms with van der Waals surface area (Å²) in [5, 5.41) is 13.3. The van der Waals surface area contributed by atoms with Crippen molar-refractivity contribution in [2.75, 3.05) is 5.32 Å². The maximum atomic E-state index is 13.1. The lowest BCUT2D eigenvalue weighted by Crippen LogP contribution is -2.12. The number of nitrogens with one attached hydrogen (secondary N) is 3. The highest BCUT2D eigenvalue weighted by molar-refractivity contribution is 7.87. The first-order valence-corrected chi connectivity index (χ1v) is 12.3. The highest BCUT2D eigenvalue weighted by Gasteiger charge is 2.26. The molecule has 4 N–H and O–H groups in total. The lowest BCUT2D eigenvalue weighted by atomic mass is 10.0. The lowest BCUT2D eigenvalue weighted by Gasteiger charge is -2.17. The van der Waals surface area contributed by atoms with Crippen LogP contribution >= 0.6 is 0 Å². The largest absolute Gasteiger partial charge is 0.508 e. The van der Waals surface area contributed by atoms with E-state index in [-0.39, 0.29) is 27.8 Å². The van der Waals surface area contributed by atoms with Gasteiger partial charge in [-0.2, -0.15) is 8.42 Å². The van der Waals surface area contributed by atoms with Gasteiger partial charge in [0.25, 0.3) is 0 Å². The molecule has 0 radical (unpaired) electrons. The molecule has 3 heterocycles. The van der Waals surface area contributed by atoms with E-state index in [4.69, 9.17) is 4.18 Å². The number of benzene rings is 2. The standard InChI is InChI=1S/C25H23N5O4S/c1-15-11-20(17-7-4-3-5-8-17)23(29-15)16(2)30-25-22-21(13-26-24(22)27-14-28-25)35(32,33)34-19-10-6-9-18(31)12-19/h3-14,16,29,31H,1-2H3,(H2,26,27,28,30)/t16-/m0/s1. The molecule has 5 aromatic rings. The molecule has 10 heteroatoms. The van der Waals surface area contributed by atoms with Gasteiger partial charge in [0.05, 0.1) is 11.4 Å². The smallest absolute Gasteiger partial charge is 0.341 e. The average Bonchev–Trinajstić information content (AvgIpc) is 3.44. The van der Waals surface area contributed by atoms with Crippen molar-refractivity contribution in [1.82, 2.24) is 19.9 Å². The summed E-state index contributed by atoms with van der Waals surface area (Å²) in [5.41, 5.74) is 4.40. The number of phenolic OH excluding ortho intramolecular Hbond substituents is 1. The highest BCUT2D eigenvalue weighted by Crippen LogP contribution is 2.34. The topological polar surface area (TPSA) is 133 Å². The van der Waals surface area contributed by atoms with Crippen molar-refractivity contribution in [3.63, 3.8) is 0 Å². The van der Waals surface area contributed by atoms with Crippen LogP contribution in [0, 0.1) is 6.92 Å². The summed E-state index contributed by atoms with van der Waals surface area (Å²) in [6.07, 6.45) is 2.68. The third-order valence-electron chi connectivity index (χ3n) is 5.58. The molecule has 0 aliphatic heterocycles. The summed E-state index contributed by atoms with van der Waals surface area (Å²) in [6, 6.07) is 17.4. The summed E-state index contributed by atoms with van der Waals surface area (Å²) in [5.74, 6) is 0.230. The second kappa shape index (κ2) is 8.80. The average molecular weight is 490 g/mol. The van der Waals surface area contributed by atoms with Crippen molar-refractivity contribution in [1.29, 1.82) is 0 Å². The van der Waals surface area contributed by atoms with Crippen LogP contribution in [0.1, 0.15) is 24.4 Å². The molecule has 0 aliphatic rings. The Morgan fingerprint density at radius 3 is 2.63 bits per heavy atom. The minimum absolute atomic E-state index is 0.00607. The van der Waals surface area contributed by atoms with Gasteiger partial charge in [-0.15, -0.1) is 0 Å². The molecule has 178 valence electrons. The van der Waals surface area contributed by atoms with E-state index in [1.54, 1.807) is 0 Å². The maximum Gasteiger partial charge on any atom is 0.341 e. The minimum atomic E-state index is -4.25. The Hall–Kier alpha value is -4.31. The van der Waals surface area contributed by atoms with Crippen LogP contribution in [-0.2, 0) is 10.1 Å². The first-order chi connectivity index (χ1) is 16.8. The molecule has 0 spiro atoms. The maximum absolute atomic E-state index is 13.1. The molecule has 1 atom stereocenters. The normalized spacial score (nSPS) is 12.5. The van der Waals surface area contributed by atoms with Crippen molar-refractivity contribution >= 4 is 27.0 Å². The molecule has 0 saturated heterocycles. The van der Waals surface area contributed by atoms with Crippen molar-refractivity contribution in [2.24, 2.45) is 0 Å². The van der Waals surface area contributed by atoms with Gasteiger partial charge in [-0.3, -0.25) is 0 Å². The number of nitrogens with zero attached hydrogens (tertiary/aromatic N) is 2. The zero-order valence-corrected chi connectivity index (χ0v) is 19.8. The predicted molar refractivity (Wildman–Crippen MR) is 133 cm³/mol. The fourth-order valence-electron chi connectivity index (χ4n) is 4.03. The van der Waals surface area contributed by atoms with Crippen molar-refractivity contribution < 1.29 is 17.7 Å². The number of fused-ring (bicyclic) bond motifs is 1. The summed E-state index contributed by atoms with van der Waals surface area (Å²) in [7, 11) is -4.25. The number of aromatic amines is 2. The number of hydrogen-bond acceptors (Lipinski definition) is 7. The van der Waals surface area contributed by atoms with E-state index in [9.17, 15) is 13.5 Å². The van der Waals surface area contributed by atoms with Gasteiger partial charge in [-0.1, -0.05) is 36.4 Å². The van der Waals surface area contributed by atoms with Crippen LogP contribution in [-0.4, -0.2) is 33.5 Å². The Bertz CT molecular complexity index is 1610. The van der Waals surface area contributed by atoms with Crippen LogP contribution in [0.25, 0.3) is 22.2 Å². The summed E-state index contributed by atoms with van der Waals surface area (Å²) >= 11 is 0. The van der Waals surface area contributed by atoms with Crippen molar-refractivity contribution in [2.45, 2.75) is 24.8 Å². The Kier molecular flexibility index (Phi) is 5.65. The molecular weight excluding hydrogens is 466 g/mol. The Morgan fingerprint density at radius 1 is 1.06 bits per heavy atom. The van der Waals surface area contributed by atoms with E-state index >= 15 is 0 Å². The molecule has 0 fully saturated rings. The van der Waals surface area contributed by atoms with E-state index in [1.165, 1.54) is 36.8 Å². The first kappa shape index (κ1) is 22.5. The lowest BCUT2D eigenvalue weighted by molar-refractivity contribution is 0.464. The van der Waals surface area contributed by atoms with Crippen molar-refractivity contribution in [3.05, 3.63) is 84.6 Å². The fraction of sp³-hybridized carbons (Fsp3) is 0.120. The van der Waals surface area contributed by atoms with Gasteiger partial charge in [0.1, 0.15) is 34.2 Å². The van der Waals surface area contributed by atoms with Gasteiger partial charge >= 0.3 is 10.1 Å². The zero-order valence-electron chi connectivity index (χ0n) is 19.0. The SMILES string of the molecule is Cc1cc(-c2ccccc2)c([C@H](C)Nc2ncnc3[nH]cc(S(=O)(=O)Oc4cccc(O)c4)c23)[nH]1. The molecule has 2 aromatic carbocycles. The molecule has 9 nitrogen and oxygen atoms in total. The van der Waals surface area contributed by atoms with Crippen LogP contribution in [0.3, 0.4) is 0 Å². The van der Waals surface area contributed by atoms with Crippen molar-refractivity contribution in [3.8, 4) is 22.6 Å². The number of aryl methyl sites for hydroxylation is 1. The number of rotatable bonds is 7. The Balaban J connectivity index is 1.52. The molecule has 3 aromatic heterocycles. The third-order valence-corrected chi connectivity index (χ3v) is 6.85. The van der Waals surface area contributed by atoms with E-state index in [0.29, 0.717) is 11.5 Å². The van der Waals surface area contributed by atoms with E-state index in [2.05, 4.69) is 31.3 Å². The molecule has 5 rings (SSSR count). The predicted octanol–water partition coefficient (Wildman–Crippen LogP) is 4.91. The van der Waals surface area contributed by atoms with Crippen LogP contribution in [0.4, 0.5) is 5.82 Å². The number of anilines is 1. The number of aromatic nitrogens is 4. The number of aromatic hydroxyl groups is 1.